The molecule has 26 heavy (non-hydrogen) atoms. The lowest BCUT2D eigenvalue weighted by molar-refractivity contribution is -0.385. The van der Waals surface area contributed by atoms with Gasteiger partial charge in [-0.25, -0.2) is 4.79 Å². The first-order valence-corrected chi connectivity index (χ1v) is 9.23. The number of aryl methyl sites for hydroxylation is 2. The van der Waals surface area contributed by atoms with Crippen molar-refractivity contribution in [2.45, 2.75) is 38.9 Å². The minimum atomic E-state index is -0.479. The van der Waals surface area contributed by atoms with E-state index in [4.69, 9.17) is 14.2 Å². The lowest BCUT2D eigenvalue weighted by Gasteiger charge is -2.20. The van der Waals surface area contributed by atoms with Gasteiger partial charge in [-0.05, 0) is 37.3 Å². The molecule has 1 aliphatic carbocycles. The molecule has 2 heterocycles. The molecule has 0 saturated carbocycles. The lowest BCUT2D eigenvalue weighted by Crippen LogP contribution is -2.14. The van der Waals surface area contributed by atoms with Crippen molar-refractivity contribution >= 4 is 23.0 Å². The highest BCUT2D eigenvalue weighted by atomic mass is 32.1. The predicted octanol–water partition coefficient (Wildman–Crippen LogP) is 3.76. The van der Waals surface area contributed by atoms with E-state index in [1.54, 1.807) is 0 Å². The van der Waals surface area contributed by atoms with Gasteiger partial charge in [0.15, 0.2) is 6.79 Å². The highest BCUT2D eigenvalue weighted by Crippen LogP contribution is 2.34. The number of nitro benzene ring substituents is 1. The number of hydrogen-bond acceptors (Lipinski definition) is 7. The Morgan fingerprint density at radius 2 is 2.08 bits per heavy atom. The van der Waals surface area contributed by atoms with Crippen LogP contribution in [0.4, 0.5) is 5.69 Å². The highest BCUT2D eigenvalue weighted by molar-refractivity contribution is 7.14. The Kier molecular flexibility index (Phi) is 4.60. The summed E-state index contributed by atoms with van der Waals surface area (Å²) in [5, 5.41) is 11.1. The number of hydrogen-bond donors (Lipinski definition) is 0. The third-order valence-electron chi connectivity index (χ3n) is 4.54. The number of nitrogens with zero attached hydrogens (tertiary/aromatic N) is 1. The maximum Gasteiger partial charge on any atom is 0.348 e. The summed E-state index contributed by atoms with van der Waals surface area (Å²) >= 11 is 1.48. The lowest BCUT2D eigenvalue weighted by atomic mass is 9.99. The van der Waals surface area contributed by atoms with Gasteiger partial charge in [-0.2, -0.15) is 0 Å². The van der Waals surface area contributed by atoms with Crippen molar-refractivity contribution in [3.05, 3.63) is 54.8 Å². The Hall–Kier alpha value is -2.45. The number of carbonyl (C=O) groups is 1. The summed E-state index contributed by atoms with van der Waals surface area (Å²) in [6.07, 6.45) is 4.32. The monoisotopic (exact) mass is 375 g/mol. The molecule has 4 rings (SSSR count). The van der Waals surface area contributed by atoms with E-state index in [1.165, 1.54) is 33.9 Å². The summed E-state index contributed by atoms with van der Waals surface area (Å²) < 4.78 is 16.1. The molecule has 0 radical (unpaired) electrons. The fourth-order valence-electron chi connectivity index (χ4n) is 3.30. The summed E-state index contributed by atoms with van der Waals surface area (Å²) in [4.78, 5) is 24.9. The summed E-state index contributed by atoms with van der Waals surface area (Å²) in [5.41, 5.74) is 2.23. The third-order valence-corrected chi connectivity index (χ3v) is 5.76. The Balaban J connectivity index is 1.53. The summed E-state index contributed by atoms with van der Waals surface area (Å²) in [6.45, 7) is 0.227. The average Bonchev–Trinajstić information content (AvgIpc) is 3.10. The fraction of sp³-hybridized carbons (Fsp3) is 0.389. The van der Waals surface area contributed by atoms with E-state index in [0.29, 0.717) is 21.8 Å². The second-order valence-electron chi connectivity index (χ2n) is 6.30. The number of ether oxygens (including phenoxy) is 3. The minimum absolute atomic E-state index is 0.0728. The highest BCUT2D eigenvalue weighted by Gasteiger charge is 2.23. The maximum atomic E-state index is 12.4. The number of nitro groups is 1. The van der Waals surface area contributed by atoms with Gasteiger partial charge in [0.05, 0.1) is 11.5 Å². The molecule has 0 bridgehead atoms. The molecule has 1 aromatic heterocycles. The van der Waals surface area contributed by atoms with Gasteiger partial charge in [0.25, 0.3) is 5.69 Å². The van der Waals surface area contributed by atoms with Crippen molar-refractivity contribution in [2.24, 2.45) is 0 Å². The van der Waals surface area contributed by atoms with Crippen molar-refractivity contribution in [3.63, 3.8) is 0 Å². The molecule has 1 aliphatic heterocycles. The second kappa shape index (κ2) is 7.05. The van der Waals surface area contributed by atoms with Crippen LogP contribution < -0.4 is 4.74 Å². The zero-order chi connectivity index (χ0) is 18.1. The molecule has 136 valence electrons. The molecule has 0 N–H and O–H groups in total. The zero-order valence-electron chi connectivity index (χ0n) is 14.0. The van der Waals surface area contributed by atoms with Gasteiger partial charge in [0.2, 0.25) is 0 Å². The molecule has 1 aromatic carbocycles. The second-order valence-corrected chi connectivity index (χ2v) is 7.44. The normalized spacial score (nSPS) is 15.5. The predicted molar refractivity (Wildman–Crippen MR) is 93.5 cm³/mol. The van der Waals surface area contributed by atoms with Crippen LogP contribution in [-0.2, 0) is 35.5 Å². The van der Waals surface area contributed by atoms with Crippen LogP contribution in [0.3, 0.4) is 0 Å². The van der Waals surface area contributed by atoms with Crippen LogP contribution in [0, 0.1) is 10.1 Å². The molecule has 7 nitrogen and oxygen atoms in total. The van der Waals surface area contributed by atoms with Crippen LogP contribution >= 0.6 is 11.3 Å². The van der Waals surface area contributed by atoms with Gasteiger partial charge < -0.3 is 14.2 Å². The number of fused-ring (bicyclic) bond motifs is 2. The van der Waals surface area contributed by atoms with Gasteiger partial charge in [0, 0.05) is 28.1 Å². The van der Waals surface area contributed by atoms with Gasteiger partial charge in [0.1, 0.15) is 17.2 Å². The van der Waals surface area contributed by atoms with Crippen LogP contribution in [0.5, 0.6) is 5.75 Å². The Morgan fingerprint density at radius 3 is 2.88 bits per heavy atom. The first-order valence-electron chi connectivity index (χ1n) is 8.41. The number of benzene rings is 1. The van der Waals surface area contributed by atoms with Crippen LogP contribution in [0.1, 0.15) is 44.1 Å². The molecule has 0 amide bonds. The van der Waals surface area contributed by atoms with E-state index < -0.39 is 10.9 Å². The maximum absolute atomic E-state index is 12.4. The average molecular weight is 375 g/mol. The molecule has 0 atom stereocenters. The zero-order valence-corrected chi connectivity index (χ0v) is 14.8. The molecule has 0 saturated heterocycles. The standard InChI is InChI=1S/C18H17NO6S/c20-18(16-7-11-3-1-2-4-15(11)26-16)24-9-13-6-14(19(21)22)5-12-8-23-10-25-17(12)13/h5-7H,1-4,8-10H2. The number of non-ortho nitro benzene ring substituents is 1. The molecule has 8 heteroatoms. The van der Waals surface area contributed by atoms with Crippen molar-refractivity contribution in [1.29, 1.82) is 0 Å². The van der Waals surface area contributed by atoms with E-state index in [0.717, 1.165) is 25.7 Å². The van der Waals surface area contributed by atoms with E-state index in [-0.39, 0.29) is 25.7 Å². The van der Waals surface area contributed by atoms with E-state index in [1.807, 2.05) is 6.07 Å². The number of carbonyl (C=O) groups excluding carboxylic acids is 1. The van der Waals surface area contributed by atoms with E-state index in [9.17, 15) is 14.9 Å². The molecule has 0 unspecified atom stereocenters. The third kappa shape index (κ3) is 3.30. The largest absolute Gasteiger partial charge is 0.467 e. The summed E-state index contributed by atoms with van der Waals surface area (Å²) in [5.74, 6) is 0.0943. The Bertz CT molecular complexity index is 851. The van der Waals surface area contributed by atoms with Gasteiger partial charge in [-0.1, -0.05) is 0 Å². The first-order chi connectivity index (χ1) is 12.6. The molecule has 0 fully saturated rings. The van der Waals surface area contributed by atoms with Crippen LogP contribution in [0.25, 0.3) is 0 Å². The van der Waals surface area contributed by atoms with E-state index in [2.05, 4.69) is 0 Å². The van der Waals surface area contributed by atoms with Crippen molar-refractivity contribution in [1.82, 2.24) is 0 Å². The topological polar surface area (TPSA) is 87.9 Å². The summed E-state index contributed by atoms with van der Waals surface area (Å²) in [6, 6.07) is 4.72. The molecule has 2 aromatic rings. The van der Waals surface area contributed by atoms with Crippen molar-refractivity contribution < 1.29 is 23.9 Å². The molecular weight excluding hydrogens is 358 g/mol. The quantitative estimate of drug-likeness (QED) is 0.459. The van der Waals surface area contributed by atoms with Crippen LogP contribution in [0.15, 0.2) is 18.2 Å². The first kappa shape index (κ1) is 17.0. The molecule has 2 aliphatic rings. The Labute approximate surface area is 153 Å². The van der Waals surface area contributed by atoms with Crippen molar-refractivity contribution in [3.8, 4) is 5.75 Å². The van der Waals surface area contributed by atoms with Crippen LogP contribution in [-0.4, -0.2) is 17.7 Å². The number of rotatable bonds is 4. The number of esters is 1. The smallest absolute Gasteiger partial charge is 0.348 e. The van der Waals surface area contributed by atoms with Crippen LogP contribution in [0.2, 0.25) is 0 Å². The number of thiophene rings is 1. The SMILES string of the molecule is O=C(OCc1cc([N+](=O)[O-])cc2c1OCOC2)c1cc2c(s1)CCCC2. The molecular formula is C18H17NO6S. The van der Waals surface area contributed by atoms with E-state index >= 15 is 0 Å². The fourth-order valence-corrected chi connectivity index (χ4v) is 4.45. The molecule has 0 spiro atoms. The van der Waals surface area contributed by atoms with Gasteiger partial charge >= 0.3 is 5.97 Å². The van der Waals surface area contributed by atoms with Gasteiger partial charge in [-0.3, -0.25) is 10.1 Å². The Morgan fingerprint density at radius 1 is 1.23 bits per heavy atom. The summed E-state index contributed by atoms with van der Waals surface area (Å²) in [7, 11) is 0. The van der Waals surface area contributed by atoms with Crippen molar-refractivity contribution in [2.75, 3.05) is 6.79 Å². The minimum Gasteiger partial charge on any atom is -0.467 e. The van der Waals surface area contributed by atoms with Gasteiger partial charge in [-0.15, -0.1) is 11.3 Å².